The van der Waals surface area contributed by atoms with Gasteiger partial charge in [0.05, 0.1) is 30.4 Å². The number of phenolic OH excluding ortho intramolecular Hbond substituents is 2. The molecule has 3 spiro atoms. The lowest BCUT2D eigenvalue weighted by atomic mass is 9.54. The van der Waals surface area contributed by atoms with Gasteiger partial charge in [-0.2, -0.15) is 0 Å². The third-order valence-electron chi connectivity index (χ3n) is 24.6. The molecule has 16 heteroatoms. The van der Waals surface area contributed by atoms with Crippen LogP contribution in [0.2, 0.25) is 0 Å². The average molecular weight is 1310 g/mol. The molecule has 4 saturated carbocycles. The van der Waals surface area contributed by atoms with Gasteiger partial charge in [0, 0.05) is 125 Å². The standard InChI is InChI=1S/C78H90N4O10S2/c1-44(85)89-40-60-54-16-17-56-67-48(31-53(86)33-64(67)90-43-84)35-76-29-24-47(34-76)70-55-19-23-66(79)82-62(55)21-15-46-14-20-61(77(25-6-7-26-77)50-11-9-12-51(32-50)78(70)27-4-3-5-28-78)59(39-88-2)49(38-83)36-80-37-58-68(46)69(73(60)92-74(54)71(56)76)57-18-22-63-65(91-75(57)72(58)87)42-94-93-41-45-10-8-13-52(30-45)81-63/h9,11-12,16-19,22-23,31-33,45-47,49,52,59-61,63,65-66,70,73,80-84,86-87H,3-8,10,13,24-30,34-43,79H2,1-2H3/t45-,46+,47+,49-,52+,59-,60+,61+,63+,65+,66?,70-,73+,76-/m1/s1. The molecule has 9 N–H and O–H groups in total. The number of methoxy groups -OCH3 is 1. The summed E-state index contributed by atoms with van der Waals surface area (Å²) in [6, 6.07) is 17.7. The van der Waals surface area contributed by atoms with E-state index >= 15 is 0 Å². The Morgan fingerprint density at radius 3 is 2.49 bits per heavy atom. The fraction of sp³-hybridized carbons (Fsp3) is 0.551. The quantitative estimate of drug-likeness (QED) is 0.0375. The molecule has 1 unspecified atom stereocenters. The number of esters is 1. The lowest BCUT2D eigenvalue weighted by Crippen LogP contribution is -2.49. The van der Waals surface area contributed by atoms with Gasteiger partial charge in [0.15, 0.2) is 18.3 Å². The molecule has 4 aromatic rings. The van der Waals surface area contributed by atoms with Crippen molar-refractivity contribution in [2.45, 2.75) is 181 Å². The number of carbonyl (C=O) groups excluding carboxylic acids is 1. The van der Waals surface area contributed by atoms with E-state index in [2.05, 4.69) is 100 Å². The SMILES string of the molecule is COC[C@@H]1[C@@H](CO)CNCc2c(O)c3c(c4c2[C@@H]2C#CC5=C(C=CC(N)N5)[C@@H]([C@H]5CC[C@]6(Cc7cc(O)cc(OCO)c7-c7ccc8c(c76)O[C@H]4[C@H]8COC(C)=O)C5)C4(CCCCC4)c4cccc(c4)C4(CCCC4)[C@H]1C#C2)C=C[C@@H]1N[C@H]2CCC[C@@H](CSSC[C@@H]1O3)C2. The zero-order valence-electron chi connectivity index (χ0n) is 54.2. The molecule has 16 rings (SSSR count). The van der Waals surface area contributed by atoms with Crippen molar-refractivity contribution in [1.29, 1.82) is 0 Å². The molecule has 6 aliphatic carbocycles. The van der Waals surface area contributed by atoms with Gasteiger partial charge in [-0.1, -0.05) is 133 Å². The van der Waals surface area contributed by atoms with Gasteiger partial charge in [0.25, 0.3) is 0 Å². The number of nitrogens with two attached hydrogens (primary N) is 1. The van der Waals surface area contributed by atoms with Crippen molar-refractivity contribution in [3.05, 3.63) is 128 Å². The van der Waals surface area contributed by atoms with Crippen molar-refractivity contribution in [3.63, 3.8) is 0 Å². The number of phenols is 2. The number of hydrogen-bond acceptors (Lipinski definition) is 16. The minimum Gasteiger partial charge on any atom is -0.508 e. The number of dihydropyridines is 1. The molecule has 6 heterocycles. The molecule has 1 saturated heterocycles. The number of aliphatic hydroxyl groups is 2. The van der Waals surface area contributed by atoms with Crippen LogP contribution in [-0.2, 0) is 43.5 Å². The van der Waals surface area contributed by atoms with E-state index in [9.17, 15) is 25.2 Å². The predicted octanol–water partition coefficient (Wildman–Crippen LogP) is 11.9. The van der Waals surface area contributed by atoms with Crippen molar-refractivity contribution in [1.82, 2.24) is 16.0 Å². The number of carbonyl (C=O) groups is 1. The van der Waals surface area contributed by atoms with Crippen LogP contribution in [0, 0.1) is 59.2 Å². The normalized spacial score (nSPS) is 32.7. The minimum atomic E-state index is -0.880. The number of aromatic hydroxyl groups is 2. The van der Waals surface area contributed by atoms with Crippen LogP contribution in [0.5, 0.6) is 28.7 Å². The first-order valence-corrected chi connectivity index (χ1v) is 37.6. The Kier molecular flexibility index (Phi) is 17.0. The van der Waals surface area contributed by atoms with Gasteiger partial charge in [-0.05, 0) is 140 Å². The summed E-state index contributed by atoms with van der Waals surface area (Å²) in [6.45, 7) is 1.70. The van der Waals surface area contributed by atoms with Crippen molar-refractivity contribution in [3.8, 4) is 63.6 Å². The zero-order valence-corrected chi connectivity index (χ0v) is 55.9. The Bertz CT molecular complexity index is 3880. The van der Waals surface area contributed by atoms with Gasteiger partial charge in [0.2, 0.25) is 0 Å². The third kappa shape index (κ3) is 10.6. The van der Waals surface area contributed by atoms with Crippen LogP contribution in [0.1, 0.15) is 178 Å². The summed E-state index contributed by atoms with van der Waals surface area (Å²) >= 11 is 0. The highest BCUT2D eigenvalue weighted by Crippen LogP contribution is 2.67. The summed E-state index contributed by atoms with van der Waals surface area (Å²) in [5, 5.41) is 59.8. The van der Waals surface area contributed by atoms with E-state index in [1.807, 2.05) is 27.7 Å². The van der Waals surface area contributed by atoms with Crippen molar-refractivity contribution >= 4 is 33.6 Å². The smallest absolute Gasteiger partial charge is 0.302 e. The summed E-state index contributed by atoms with van der Waals surface area (Å²) in [4.78, 5) is 13.6. The molecule has 0 amide bonds. The van der Waals surface area contributed by atoms with E-state index in [4.69, 9.17) is 29.4 Å². The van der Waals surface area contributed by atoms with Crippen LogP contribution in [0.25, 0.3) is 17.2 Å². The van der Waals surface area contributed by atoms with Crippen molar-refractivity contribution < 1.29 is 48.9 Å². The average Bonchev–Trinajstić information content (AvgIpc) is 1.47. The Balaban J connectivity index is 1.05. The Morgan fingerprint density at radius 2 is 1.67 bits per heavy atom. The maximum absolute atomic E-state index is 13.9. The number of ether oxygens (including phenoxy) is 5. The van der Waals surface area contributed by atoms with Gasteiger partial charge in [-0.15, -0.1) is 0 Å². The van der Waals surface area contributed by atoms with Crippen LogP contribution in [-0.4, -0.2) is 103 Å². The second-order valence-electron chi connectivity index (χ2n) is 29.6. The molecule has 494 valence electrons. The summed E-state index contributed by atoms with van der Waals surface area (Å²) in [5.74, 6) is 17.4. The number of fused-ring (bicyclic) bond motifs is 18. The van der Waals surface area contributed by atoms with Gasteiger partial charge < -0.3 is 65.8 Å². The predicted molar refractivity (Wildman–Crippen MR) is 367 cm³/mol. The summed E-state index contributed by atoms with van der Waals surface area (Å²) < 4.78 is 34.6. The molecule has 14 atom stereocenters. The molecule has 94 heavy (non-hydrogen) atoms. The molecule has 12 aliphatic rings. The Hall–Kier alpha value is -6.05. The number of aliphatic hydroxyl groups excluding tert-OH is 2. The zero-order chi connectivity index (χ0) is 64.0. The maximum atomic E-state index is 13.9. The Morgan fingerprint density at radius 1 is 0.851 bits per heavy atom. The lowest BCUT2D eigenvalue weighted by molar-refractivity contribution is -0.141. The Labute approximate surface area is 561 Å². The van der Waals surface area contributed by atoms with E-state index in [0.29, 0.717) is 65.5 Å². The van der Waals surface area contributed by atoms with E-state index in [1.165, 1.54) is 24.5 Å². The number of hydrogen-bond donors (Lipinski definition) is 8. The van der Waals surface area contributed by atoms with Gasteiger partial charge in [-0.3, -0.25) is 4.79 Å². The molecule has 4 aromatic carbocycles. The van der Waals surface area contributed by atoms with Crippen molar-refractivity contribution in [2.75, 3.05) is 51.8 Å². The monoisotopic (exact) mass is 1310 g/mol. The first kappa shape index (κ1) is 62.7. The number of rotatable bonds is 7. The highest BCUT2D eigenvalue weighted by atomic mass is 33.1. The third-order valence-corrected chi connectivity index (χ3v) is 27.2. The first-order valence-electron chi connectivity index (χ1n) is 35.1. The number of nitrogens with one attached hydrogen (secondary N) is 3. The molecule has 5 fully saturated rings. The molecular weight excluding hydrogens is 1220 g/mol. The van der Waals surface area contributed by atoms with Crippen molar-refractivity contribution in [2.24, 2.45) is 41.2 Å². The fourth-order valence-electron chi connectivity index (χ4n) is 20.7. The van der Waals surface area contributed by atoms with Gasteiger partial charge >= 0.3 is 5.97 Å². The molecule has 14 nitrogen and oxygen atoms in total. The number of allylic oxidation sites excluding steroid dienone is 3. The molecule has 11 bridgehead atoms. The van der Waals surface area contributed by atoms with E-state index in [1.54, 1.807) is 13.2 Å². The second kappa shape index (κ2) is 25.4. The summed E-state index contributed by atoms with van der Waals surface area (Å²) in [5.41, 5.74) is 17.7. The van der Waals surface area contributed by atoms with E-state index in [-0.39, 0.29) is 78.4 Å². The second-order valence-corrected chi connectivity index (χ2v) is 32.2. The van der Waals surface area contributed by atoms with Crippen LogP contribution in [0.3, 0.4) is 0 Å². The summed E-state index contributed by atoms with van der Waals surface area (Å²) in [6.07, 6.45) is 23.9. The van der Waals surface area contributed by atoms with E-state index < -0.39 is 47.7 Å². The highest BCUT2D eigenvalue weighted by Gasteiger charge is 2.58. The van der Waals surface area contributed by atoms with Crippen LogP contribution >= 0.6 is 21.6 Å². The van der Waals surface area contributed by atoms with Crippen LogP contribution < -0.4 is 35.9 Å². The highest BCUT2D eigenvalue weighted by molar-refractivity contribution is 8.76. The molecule has 0 aromatic heterocycles. The maximum Gasteiger partial charge on any atom is 0.302 e. The van der Waals surface area contributed by atoms with Gasteiger partial charge in [-0.25, -0.2) is 0 Å². The lowest BCUT2D eigenvalue weighted by Gasteiger charge is -2.50. The van der Waals surface area contributed by atoms with Crippen LogP contribution in [0.4, 0.5) is 0 Å². The van der Waals surface area contributed by atoms with Gasteiger partial charge in [0.1, 0.15) is 42.0 Å². The molecule has 0 radical (unpaired) electrons. The van der Waals surface area contributed by atoms with Crippen LogP contribution in [0.15, 0.2) is 78.0 Å². The number of benzene rings is 4. The largest absolute Gasteiger partial charge is 0.508 e. The fourth-order valence-corrected chi connectivity index (χ4v) is 23.3. The molecule has 6 aliphatic heterocycles. The van der Waals surface area contributed by atoms with E-state index in [0.717, 1.165) is 152 Å². The topological polar surface area (TPSA) is 206 Å². The first-order chi connectivity index (χ1) is 45.9. The minimum absolute atomic E-state index is 0.00531. The molecular formula is C78H90N4O10S2. The summed E-state index contributed by atoms with van der Waals surface area (Å²) in [7, 11) is 5.53.